The van der Waals surface area contributed by atoms with Crippen LogP contribution in [0, 0.1) is 13.8 Å². The molecule has 3 nitrogen and oxygen atoms in total. The Morgan fingerprint density at radius 2 is 2.13 bits per heavy atom. The summed E-state index contributed by atoms with van der Waals surface area (Å²) >= 11 is 1.71. The molecule has 78 valence electrons. The van der Waals surface area contributed by atoms with Gasteiger partial charge in [0.05, 0.1) is 0 Å². The van der Waals surface area contributed by atoms with Gasteiger partial charge >= 0.3 is 0 Å². The molecule has 2 rings (SSSR count). The van der Waals surface area contributed by atoms with Crippen molar-refractivity contribution in [3.8, 4) is 0 Å². The van der Waals surface area contributed by atoms with E-state index in [0.717, 1.165) is 23.5 Å². The molecule has 0 unspecified atom stereocenters. The van der Waals surface area contributed by atoms with Gasteiger partial charge in [-0.05, 0) is 25.3 Å². The molecule has 2 aromatic rings. The average Bonchev–Trinajstić information content (AvgIpc) is 2.66. The smallest absolute Gasteiger partial charge is 0.136 e. The number of nitrogens with zero attached hydrogens (tertiary/aromatic N) is 2. The summed E-state index contributed by atoms with van der Waals surface area (Å²) in [6.07, 6.45) is 0.767. The number of aryl methyl sites for hydroxylation is 1. The molecule has 0 bridgehead atoms. The first-order chi connectivity index (χ1) is 7.16. The van der Waals surface area contributed by atoms with Crippen LogP contribution in [0.2, 0.25) is 0 Å². The average molecular weight is 219 g/mol. The molecule has 2 aromatic heterocycles. The second-order valence-electron chi connectivity index (χ2n) is 3.49. The number of hydrogen-bond acceptors (Lipinski definition) is 4. The van der Waals surface area contributed by atoms with Crippen molar-refractivity contribution >= 4 is 17.2 Å². The van der Waals surface area contributed by atoms with Gasteiger partial charge in [-0.15, -0.1) is 11.3 Å². The fraction of sp³-hybridized carbons (Fsp3) is 0.273. The summed E-state index contributed by atoms with van der Waals surface area (Å²) in [6.45, 7) is 3.91. The normalized spacial score (nSPS) is 10.5. The van der Waals surface area contributed by atoms with Gasteiger partial charge in [0.25, 0.3) is 0 Å². The second kappa shape index (κ2) is 3.98. The molecule has 0 spiro atoms. The van der Waals surface area contributed by atoms with Crippen molar-refractivity contribution in [1.29, 1.82) is 0 Å². The van der Waals surface area contributed by atoms with Crippen LogP contribution >= 0.6 is 11.3 Å². The fourth-order valence-corrected chi connectivity index (χ4v) is 2.06. The number of nitrogens with two attached hydrogens (primary N) is 1. The lowest BCUT2D eigenvalue weighted by molar-refractivity contribution is 0.943. The SMILES string of the molecule is Cc1nc(Cc2cccs2)nc(N)c1C. The van der Waals surface area contributed by atoms with E-state index in [4.69, 9.17) is 5.73 Å². The minimum atomic E-state index is 0.592. The summed E-state index contributed by atoms with van der Waals surface area (Å²) in [7, 11) is 0. The van der Waals surface area contributed by atoms with Gasteiger partial charge in [-0.1, -0.05) is 6.07 Å². The third-order valence-corrected chi connectivity index (χ3v) is 3.26. The molecule has 4 heteroatoms. The molecular weight excluding hydrogens is 206 g/mol. The van der Waals surface area contributed by atoms with Crippen LogP contribution in [0.1, 0.15) is 22.0 Å². The van der Waals surface area contributed by atoms with E-state index < -0.39 is 0 Å². The van der Waals surface area contributed by atoms with E-state index in [2.05, 4.69) is 21.4 Å². The summed E-state index contributed by atoms with van der Waals surface area (Å²) in [5.41, 5.74) is 7.75. The minimum absolute atomic E-state index is 0.592. The highest BCUT2D eigenvalue weighted by molar-refractivity contribution is 7.09. The predicted molar refractivity (Wildman–Crippen MR) is 63.0 cm³/mol. The largest absolute Gasteiger partial charge is 0.383 e. The number of hydrogen-bond donors (Lipinski definition) is 1. The zero-order valence-electron chi connectivity index (χ0n) is 8.82. The zero-order chi connectivity index (χ0) is 10.8. The van der Waals surface area contributed by atoms with E-state index in [-0.39, 0.29) is 0 Å². The molecule has 0 aliphatic rings. The Labute approximate surface area is 93.0 Å². The summed E-state index contributed by atoms with van der Waals surface area (Å²) < 4.78 is 0. The van der Waals surface area contributed by atoms with Gasteiger partial charge in [0.15, 0.2) is 0 Å². The van der Waals surface area contributed by atoms with Crippen molar-refractivity contribution in [1.82, 2.24) is 9.97 Å². The summed E-state index contributed by atoms with van der Waals surface area (Å²) in [4.78, 5) is 9.97. The van der Waals surface area contributed by atoms with Crippen LogP contribution in [0.15, 0.2) is 17.5 Å². The molecule has 15 heavy (non-hydrogen) atoms. The van der Waals surface area contributed by atoms with Crippen LogP contribution in [0.4, 0.5) is 5.82 Å². The molecule has 0 saturated carbocycles. The van der Waals surface area contributed by atoms with E-state index in [1.165, 1.54) is 4.88 Å². The highest BCUT2D eigenvalue weighted by Crippen LogP contribution is 2.16. The standard InChI is InChI=1S/C11H13N3S/c1-7-8(2)13-10(14-11(7)12)6-9-4-3-5-15-9/h3-5H,6H2,1-2H3,(H2,12,13,14). The maximum atomic E-state index is 5.80. The van der Waals surface area contributed by atoms with Crippen LogP contribution in [0.3, 0.4) is 0 Å². The third-order valence-electron chi connectivity index (χ3n) is 2.39. The number of nitrogen functional groups attached to an aromatic ring is 1. The molecule has 0 fully saturated rings. The summed E-state index contributed by atoms with van der Waals surface area (Å²) in [5, 5.41) is 2.06. The lowest BCUT2D eigenvalue weighted by Crippen LogP contribution is -2.04. The van der Waals surface area contributed by atoms with Crippen molar-refractivity contribution in [2.24, 2.45) is 0 Å². The van der Waals surface area contributed by atoms with E-state index in [1.807, 2.05) is 19.9 Å². The van der Waals surface area contributed by atoms with E-state index in [0.29, 0.717) is 5.82 Å². The highest BCUT2D eigenvalue weighted by atomic mass is 32.1. The van der Waals surface area contributed by atoms with Crippen molar-refractivity contribution in [2.75, 3.05) is 5.73 Å². The Hall–Kier alpha value is -1.42. The Morgan fingerprint density at radius 3 is 2.73 bits per heavy atom. The van der Waals surface area contributed by atoms with Gasteiger partial charge in [-0.3, -0.25) is 0 Å². The number of anilines is 1. The number of thiophene rings is 1. The molecule has 0 radical (unpaired) electrons. The molecule has 0 amide bonds. The maximum Gasteiger partial charge on any atom is 0.136 e. The van der Waals surface area contributed by atoms with Crippen LogP contribution in [-0.2, 0) is 6.42 Å². The highest BCUT2D eigenvalue weighted by Gasteiger charge is 2.06. The van der Waals surface area contributed by atoms with Crippen LogP contribution < -0.4 is 5.73 Å². The topological polar surface area (TPSA) is 51.8 Å². The van der Waals surface area contributed by atoms with Gasteiger partial charge < -0.3 is 5.73 Å². The molecule has 0 aliphatic carbocycles. The van der Waals surface area contributed by atoms with Crippen molar-refractivity contribution in [3.63, 3.8) is 0 Å². The molecule has 2 N–H and O–H groups in total. The molecular formula is C11H13N3S. The second-order valence-corrected chi connectivity index (χ2v) is 4.52. The van der Waals surface area contributed by atoms with Gasteiger partial charge in [0.2, 0.25) is 0 Å². The molecule has 0 saturated heterocycles. The Balaban J connectivity index is 2.30. The van der Waals surface area contributed by atoms with Crippen molar-refractivity contribution in [2.45, 2.75) is 20.3 Å². The van der Waals surface area contributed by atoms with Gasteiger partial charge in [-0.25, -0.2) is 9.97 Å². The molecule has 2 heterocycles. The first kappa shape index (κ1) is 10.1. The molecule has 0 atom stereocenters. The fourth-order valence-electron chi connectivity index (χ4n) is 1.36. The summed E-state index contributed by atoms with van der Waals surface area (Å²) in [5.74, 6) is 1.40. The van der Waals surface area contributed by atoms with Gasteiger partial charge in [0.1, 0.15) is 11.6 Å². The first-order valence-electron chi connectivity index (χ1n) is 4.79. The Kier molecular flexibility index (Phi) is 2.68. The first-order valence-corrected chi connectivity index (χ1v) is 5.67. The predicted octanol–water partition coefficient (Wildman–Crippen LogP) is 2.33. The van der Waals surface area contributed by atoms with Crippen LogP contribution in [0.25, 0.3) is 0 Å². The summed E-state index contributed by atoms with van der Waals surface area (Å²) in [6, 6.07) is 4.11. The van der Waals surface area contributed by atoms with Crippen molar-refractivity contribution in [3.05, 3.63) is 39.5 Å². The van der Waals surface area contributed by atoms with E-state index >= 15 is 0 Å². The van der Waals surface area contributed by atoms with Crippen molar-refractivity contribution < 1.29 is 0 Å². The minimum Gasteiger partial charge on any atom is -0.383 e. The molecule has 0 aliphatic heterocycles. The number of aromatic nitrogens is 2. The van der Waals surface area contributed by atoms with Crippen LogP contribution in [-0.4, -0.2) is 9.97 Å². The van der Waals surface area contributed by atoms with E-state index in [1.54, 1.807) is 11.3 Å². The lowest BCUT2D eigenvalue weighted by Gasteiger charge is -2.05. The molecule has 0 aromatic carbocycles. The lowest BCUT2D eigenvalue weighted by atomic mass is 10.2. The maximum absolute atomic E-state index is 5.80. The Bertz CT molecular complexity index is 440. The van der Waals surface area contributed by atoms with Gasteiger partial charge in [-0.2, -0.15) is 0 Å². The van der Waals surface area contributed by atoms with Gasteiger partial charge in [0, 0.05) is 22.6 Å². The monoisotopic (exact) mass is 219 g/mol. The zero-order valence-corrected chi connectivity index (χ0v) is 9.64. The quantitative estimate of drug-likeness (QED) is 0.843. The van der Waals surface area contributed by atoms with E-state index in [9.17, 15) is 0 Å². The Morgan fingerprint density at radius 1 is 1.33 bits per heavy atom. The third kappa shape index (κ3) is 2.15. The van der Waals surface area contributed by atoms with Crippen LogP contribution in [0.5, 0.6) is 0 Å². The number of rotatable bonds is 2.